The van der Waals surface area contributed by atoms with Gasteiger partial charge in [0.25, 0.3) is 5.52 Å². The van der Waals surface area contributed by atoms with Crippen LogP contribution in [0.5, 0.6) is 0 Å². The summed E-state index contributed by atoms with van der Waals surface area (Å²) < 4.78 is 13.0. The van der Waals surface area contributed by atoms with Crippen molar-refractivity contribution in [2.24, 2.45) is 0 Å². The third-order valence-corrected chi connectivity index (χ3v) is 4.95. The largest absolute Gasteiger partial charge is 0.422 e. The molecular weight excluding hydrogens is 364 g/mol. The number of oxazole rings is 1. The predicted molar refractivity (Wildman–Crippen MR) is 116 cm³/mol. The standard InChI is InChI=1S/C24H21N2O3/c1-4-25(5-2)19-13-11-17-15-18(24(27)29-22(17)16-19)12-14-23-26(6-3)20-9-7-8-10-21(20)28-23/h3,7-16H,4-5H2,1-2H3/q+1. The molecule has 0 aliphatic heterocycles. The average molecular weight is 385 g/mol. The maximum Gasteiger partial charge on any atom is 0.389 e. The second-order valence-electron chi connectivity index (χ2n) is 6.59. The van der Waals surface area contributed by atoms with E-state index in [1.165, 1.54) is 0 Å². The van der Waals surface area contributed by atoms with Crippen LogP contribution < -0.4 is 15.1 Å². The van der Waals surface area contributed by atoms with Gasteiger partial charge in [0, 0.05) is 36.3 Å². The van der Waals surface area contributed by atoms with Crippen molar-refractivity contribution in [1.29, 1.82) is 0 Å². The summed E-state index contributed by atoms with van der Waals surface area (Å²) in [7, 11) is 0. The lowest BCUT2D eigenvalue weighted by molar-refractivity contribution is -0.562. The molecule has 29 heavy (non-hydrogen) atoms. The molecule has 0 radical (unpaired) electrons. The Bertz CT molecular complexity index is 1320. The van der Waals surface area contributed by atoms with E-state index in [4.69, 9.17) is 15.3 Å². The van der Waals surface area contributed by atoms with Gasteiger partial charge in [0.2, 0.25) is 11.6 Å². The van der Waals surface area contributed by atoms with E-state index in [9.17, 15) is 4.79 Å². The maximum absolute atomic E-state index is 12.5. The summed E-state index contributed by atoms with van der Waals surface area (Å²) in [6.45, 7) is 5.97. The first-order chi connectivity index (χ1) is 14.1. The predicted octanol–water partition coefficient (Wildman–Crippen LogP) is 4.28. The molecule has 0 unspecified atom stereocenters. The maximum atomic E-state index is 12.5. The molecule has 4 rings (SSSR count). The van der Waals surface area contributed by atoms with Gasteiger partial charge < -0.3 is 13.7 Å². The van der Waals surface area contributed by atoms with Crippen LogP contribution in [0.4, 0.5) is 5.69 Å². The molecule has 2 heterocycles. The first kappa shape index (κ1) is 18.6. The normalized spacial score (nSPS) is 11.3. The number of anilines is 1. The summed E-state index contributed by atoms with van der Waals surface area (Å²) in [5.41, 5.74) is 3.10. The number of fused-ring (bicyclic) bond motifs is 2. The molecule has 144 valence electrons. The number of rotatable bonds is 5. The Balaban J connectivity index is 1.73. The van der Waals surface area contributed by atoms with Crippen molar-refractivity contribution in [3.63, 3.8) is 0 Å². The fourth-order valence-corrected chi connectivity index (χ4v) is 3.43. The van der Waals surface area contributed by atoms with E-state index in [1.54, 1.807) is 16.7 Å². The monoisotopic (exact) mass is 385 g/mol. The number of benzene rings is 2. The number of para-hydroxylation sites is 2. The Labute approximate surface area is 168 Å². The molecular formula is C24H21N2O3+. The fourth-order valence-electron chi connectivity index (χ4n) is 3.43. The van der Waals surface area contributed by atoms with Crippen LogP contribution in [0.25, 0.3) is 34.2 Å². The van der Waals surface area contributed by atoms with Crippen LogP contribution >= 0.6 is 0 Å². The van der Waals surface area contributed by atoms with Crippen LogP contribution in [0.1, 0.15) is 25.3 Å². The van der Waals surface area contributed by atoms with Gasteiger partial charge in [-0.2, -0.15) is 0 Å². The zero-order chi connectivity index (χ0) is 20.4. The van der Waals surface area contributed by atoms with Gasteiger partial charge in [0.1, 0.15) is 5.58 Å². The van der Waals surface area contributed by atoms with Gasteiger partial charge in [0.05, 0.1) is 11.6 Å². The van der Waals surface area contributed by atoms with Crippen LogP contribution in [0.2, 0.25) is 0 Å². The second kappa shape index (κ2) is 7.69. The molecule has 5 heteroatoms. The Hall–Kier alpha value is -3.78. The molecule has 0 saturated carbocycles. The highest BCUT2D eigenvalue weighted by Crippen LogP contribution is 2.22. The van der Waals surface area contributed by atoms with Gasteiger partial charge in [-0.1, -0.05) is 16.7 Å². The van der Waals surface area contributed by atoms with Gasteiger partial charge in [-0.3, -0.25) is 0 Å². The van der Waals surface area contributed by atoms with E-state index in [0.717, 1.165) is 29.7 Å². The molecule has 0 N–H and O–H groups in total. The van der Waals surface area contributed by atoms with Crippen LogP contribution in [0.3, 0.4) is 0 Å². The average Bonchev–Trinajstić information content (AvgIpc) is 3.10. The quantitative estimate of drug-likeness (QED) is 0.292. The second-order valence-corrected chi connectivity index (χ2v) is 6.59. The van der Waals surface area contributed by atoms with Gasteiger partial charge in [0.15, 0.2) is 0 Å². The lowest BCUT2D eigenvalue weighted by Crippen LogP contribution is -2.29. The Morgan fingerprint density at radius 1 is 1.03 bits per heavy atom. The topological polar surface area (TPSA) is 50.5 Å². The third kappa shape index (κ3) is 3.41. The minimum Gasteiger partial charge on any atom is -0.422 e. The molecule has 0 bridgehead atoms. The van der Waals surface area contributed by atoms with E-state index in [-0.39, 0.29) is 0 Å². The lowest BCUT2D eigenvalue weighted by atomic mass is 10.1. The molecule has 5 nitrogen and oxygen atoms in total. The molecule has 0 spiro atoms. The molecule has 0 aliphatic rings. The van der Waals surface area contributed by atoms with E-state index in [1.807, 2.05) is 48.5 Å². The van der Waals surface area contributed by atoms with Crippen LogP contribution in [-0.4, -0.2) is 13.1 Å². The van der Waals surface area contributed by atoms with Crippen molar-refractivity contribution in [2.45, 2.75) is 13.8 Å². The first-order valence-electron chi connectivity index (χ1n) is 9.55. The lowest BCUT2D eigenvalue weighted by Gasteiger charge is -2.20. The molecule has 0 aliphatic carbocycles. The summed E-state index contributed by atoms with van der Waals surface area (Å²) in [6, 6.07) is 17.8. The van der Waals surface area contributed by atoms with Crippen molar-refractivity contribution >= 4 is 39.9 Å². The van der Waals surface area contributed by atoms with E-state index >= 15 is 0 Å². The van der Waals surface area contributed by atoms with Gasteiger partial charge in [-0.05, 0) is 50.6 Å². The molecule has 0 atom stereocenters. The van der Waals surface area contributed by atoms with Gasteiger partial charge >= 0.3 is 11.5 Å². The van der Waals surface area contributed by atoms with Crippen molar-refractivity contribution in [1.82, 2.24) is 0 Å². The molecule has 0 amide bonds. The molecule has 2 aromatic heterocycles. The van der Waals surface area contributed by atoms with Crippen molar-refractivity contribution < 1.29 is 13.4 Å². The fraction of sp³-hybridized carbons (Fsp3) is 0.167. The Morgan fingerprint density at radius 2 is 1.83 bits per heavy atom. The summed E-state index contributed by atoms with van der Waals surface area (Å²) in [4.78, 5) is 14.7. The summed E-state index contributed by atoms with van der Waals surface area (Å²) in [5, 5.41) is 0.856. The Morgan fingerprint density at radius 3 is 2.59 bits per heavy atom. The minimum absolute atomic E-state index is 0.409. The van der Waals surface area contributed by atoms with Crippen molar-refractivity contribution in [2.75, 3.05) is 18.0 Å². The molecule has 2 aromatic carbocycles. The summed E-state index contributed by atoms with van der Waals surface area (Å²) >= 11 is 0. The highest BCUT2D eigenvalue weighted by atomic mass is 16.4. The molecule has 4 aromatic rings. The number of aromatic nitrogens is 1. The van der Waals surface area contributed by atoms with E-state index in [2.05, 4.69) is 24.8 Å². The number of terminal acetylenes is 1. The Kier molecular flexibility index (Phi) is 4.92. The van der Waals surface area contributed by atoms with Crippen LogP contribution in [0.15, 0.2) is 62.2 Å². The number of hydrogen-bond donors (Lipinski definition) is 0. The van der Waals surface area contributed by atoms with Crippen LogP contribution in [-0.2, 0) is 0 Å². The summed E-state index contributed by atoms with van der Waals surface area (Å²) in [5.74, 6) is 0.463. The SMILES string of the molecule is C#C[n+]1c(/C=C/c2cc3ccc(N(CC)CC)cc3oc2=O)oc2ccccc21. The molecule has 0 saturated heterocycles. The zero-order valence-electron chi connectivity index (χ0n) is 16.4. The minimum atomic E-state index is -0.409. The number of nitrogens with zero attached hydrogens (tertiary/aromatic N) is 2. The zero-order valence-corrected chi connectivity index (χ0v) is 16.4. The third-order valence-electron chi connectivity index (χ3n) is 4.95. The van der Waals surface area contributed by atoms with Crippen LogP contribution in [0, 0.1) is 12.5 Å². The van der Waals surface area contributed by atoms with E-state index < -0.39 is 5.63 Å². The highest BCUT2D eigenvalue weighted by molar-refractivity contribution is 5.83. The van der Waals surface area contributed by atoms with Crippen molar-refractivity contribution in [3.8, 4) is 12.5 Å². The summed E-state index contributed by atoms with van der Waals surface area (Å²) in [6.07, 6.45) is 8.98. The first-order valence-corrected chi connectivity index (χ1v) is 9.55. The number of hydrogen-bond acceptors (Lipinski definition) is 4. The van der Waals surface area contributed by atoms with Gasteiger partial charge in [-0.15, -0.1) is 0 Å². The molecule has 0 fully saturated rings. The smallest absolute Gasteiger partial charge is 0.389 e. The van der Waals surface area contributed by atoms with E-state index in [0.29, 0.717) is 22.6 Å². The van der Waals surface area contributed by atoms with Crippen molar-refractivity contribution in [3.05, 3.63) is 70.4 Å². The highest BCUT2D eigenvalue weighted by Gasteiger charge is 2.19. The van der Waals surface area contributed by atoms with Gasteiger partial charge in [-0.25, -0.2) is 4.79 Å².